The van der Waals surface area contributed by atoms with Gasteiger partial charge in [0.25, 0.3) is 0 Å². The molecule has 1 aromatic carbocycles. The molecule has 0 radical (unpaired) electrons. The van der Waals surface area contributed by atoms with E-state index in [-0.39, 0.29) is 0 Å². The number of rotatable bonds is 6. The number of benzene rings is 1. The summed E-state index contributed by atoms with van der Waals surface area (Å²) in [6, 6.07) is 9.86. The Morgan fingerprint density at radius 1 is 1.16 bits per heavy atom. The fraction of sp³-hybridized carbons (Fsp3) is 0.647. The smallest absolute Gasteiger partial charge is 0.0390 e. The molecule has 1 saturated carbocycles. The Morgan fingerprint density at radius 2 is 1.89 bits per heavy atom. The topological polar surface area (TPSA) is 24.1 Å². The van der Waals surface area contributed by atoms with Crippen molar-refractivity contribution in [1.29, 1.82) is 0 Å². The Kier molecular flexibility index (Phi) is 5.71. The summed E-state index contributed by atoms with van der Waals surface area (Å²) in [7, 11) is 0. The van der Waals surface area contributed by atoms with Crippen molar-refractivity contribution in [3.8, 4) is 0 Å². The summed E-state index contributed by atoms with van der Waals surface area (Å²) < 4.78 is 0. The van der Waals surface area contributed by atoms with E-state index >= 15 is 0 Å². The Labute approximate surface area is 118 Å². The molecule has 0 amide bonds. The first-order chi connectivity index (χ1) is 9.31. The normalized spacial score (nSPS) is 18.2. The molecule has 0 aliphatic heterocycles. The lowest BCUT2D eigenvalue weighted by molar-refractivity contribution is 0.462. The van der Waals surface area contributed by atoms with Crippen molar-refractivity contribution in [2.24, 2.45) is 0 Å². The van der Waals surface area contributed by atoms with Crippen LogP contribution in [0, 0.1) is 0 Å². The summed E-state index contributed by atoms with van der Waals surface area (Å²) >= 11 is 0. The highest BCUT2D eigenvalue weighted by Crippen LogP contribution is 2.27. The number of para-hydroxylation sites is 1. The minimum absolute atomic E-state index is 0.423. The van der Waals surface area contributed by atoms with Gasteiger partial charge in [-0.2, -0.15) is 0 Å². The predicted octanol–water partition coefficient (Wildman–Crippen LogP) is 4.49. The Balaban J connectivity index is 2.02. The van der Waals surface area contributed by atoms with Crippen molar-refractivity contribution in [3.05, 3.63) is 29.8 Å². The summed E-state index contributed by atoms with van der Waals surface area (Å²) in [5.74, 6) is 0. The molecule has 2 rings (SSSR count). The fourth-order valence-electron chi connectivity index (χ4n) is 2.94. The predicted molar refractivity (Wildman–Crippen MR) is 83.6 cm³/mol. The lowest BCUT2D eigenvalue weighted by atomic mass is 9.94. The van der Waals surface area contributed by atoms with Crippen LogP contribution in [0.1, 0.15) is 64.0 Å². The van der Waals surface area contributed by atoms with Crippen LogP contribution in [-0.4, -0.2) is 12.6 Å². The third-order valence-electron chi connectivity index (χ3n) is 4.09. The van der Waals surface area contributed by atoms with E-state index in [1.54, 1.807) is 0 Å². The lowest BCUT2D eigenvalue weighted by Crippen LogP contribution is -2.25. The maximum absolute atomic E-state index is 3.77. The lowest BCUT2D eigenvalue weighted by Gasteiger charge is -2.26. The Bertz CT molecular complexity index is 369. The summed E-state index contributed by atoms with van der Waals surface area (Å²) in [6.07, 6.45) is 8.00. The molecule has 2 nitrogen and oxygen atoms in total. The molecule has 1 atom stereocenters. The maximum atomic E-state index is 3.77. The molecule has 19 heavy (non-hydrogen) atoms. The van der Waals surface area contributed by atoms with Gasteiger partial charge in [0.15, 0.2) is 0 Å². The van der Waals surface area contributed by atoms with Crippen molar-refractivity contribution in [1.82, 2.24) is 5.32 Å². The molecule has 0 bridgehead atoms. The molecule has 0 saturated heterocycles. The van der Waals surface area contributed by atoms with Crippen LogP contribution in [-0.2, 0) is 0 Å². The molecule has 2 heteroatoms. The zero-order valence-electron chi connectivity index (χ0n) is 12.4. The first-order valence-corrected chi connectivity index (χ1v) is 7.90. The quantitative estimate of drug-likeness (QED) is 0.787. The molecular formula is C17H28N2. The molecular weight excluding hydrogens is 232 g/mol. The highest BCUT2D eigenvalue weighted by Gasteiger charge is 2.16. The maximum Gasteiger partial charge on any atom is 0.0390 e. The van der Waals surface area contributed by atoms with E-state index in [9.17, 15) is 0 Å². The van der Waals surface area contributed by atoms with Crippen molar-refractivity contribution in [2.75, 3.05) is 11.9 Å². The number of hydrogen-bond donors (Lipinski definition) is 2. The van der Waals surface area contributed by atoms with E-state index in [0.717, 1.165) is 6.54 Å². The first-order valence-electron chi connectivity index (χ1n) is 7.90. The van der Waals surface area contributed by atoms with Crippen LogP contribution < -0.4 is 10.6 Å². The molecule has 1 aromatic rings. The van der Waals surface area contributed by atoms with Gasteiger partial charge in [0.05, 0.1) is 0 Å². The second-order valence-electron chi connectivity index (χ2n) is 5.74. The van der Waals surface area contributed by atoms with Crippen LogP contribution in [0.15, 0.2) is 24.3 Å². The van der Waals surface area contributed by atoms with E-state index in [1.165, 1.54) is 49.8 Å². The summed E-state index contributed by atoms with van der Waals surface area (Å²) in [4.78, 5) is 0. The zero-order valence-corrected chi connectivity index (χ0v) is 12.4. The highest BCUT2D eigenvalue weighted by molar-refractivity contribution is 5.53. The van der Waals surface area contributed by atoms with Crippen LogP contribution in [0.25, 0.3) is 0 Å². The van der Waals surface area contributed by atoms with Gasteiger partial charge >= 0.3 is 0 Å². The molecule has 0 aromatic heterocycles. The van der Waals surface area contributed by atoms with Crippen LogP contribution >= 0.6 is 0 Å². The van der Waals surface area contributed by atoms with Crippen LogP contribution in [0.3, 0.4) is 0 Å². The van der Waals surface area contributed by atoms with E-state index in [1.807, 2.05) is 0 Å². The molecule has 2 N–H and O–H groups in total. The molecule has 1 fully saturated rings. The third kappa shape index (κ3) is 4.24. The minimum Gasteiger partial charge on any atom is -0.382 e. The van der Waals surface area contributed by atoms with Crippen molar-refractivity contribution in [2.45, 2.75) is 64.5 Å². The number of hydrogen-bond acceptors (Lipinski definition) is 2. The standard InChI is InChI=1S/C17H28N2/c1-3-13-18-14(2)16-11-7-8-12-17(16)19-15-9-5-4-6-10-15/h7-8,11-12,14-15,18-19H,3-6,9-10,13H2,1-2H3. The average Bonchev–Trinajstić information content (AvgIpc) is 2.46. The van der Waals surface area contributed by atoms with Crippen LogP contribution in [0.4, 0.5) is 5.69 Å². The SMILES string of the molecule is CCCNC(C)c1ccccc1NC1CCCCC1. The van der Waals surface area contributed by atoms with E-state index < -0.39 is 0 Å². The first kappa shape index (κ1) is 14.4. The molecule has 0 heterocycles. The Morgan fingerprint density at radius 3 is 2.63 bits per heavy atom. The highest BCUT2D eigenvalue weighted by atomic mass is 14.9. The van der Waals surface area contributed by atoms with Crippen molar-refractivity contribution in [3.63, 3.8) is 0 Å². The van der Waals surface area contributed by atoms with Gasteiger partial charge in [-0.1, -0.05) is 44.4 Å². The summed E-state index contributed by atoms with van der Waals surface area (Å²) in [5, 5.41) is 7.35. The van der Waals surface area contributed by atoms with Crippen LogP contribution in [0.2, 0.25) is 0 Å². The van der Waals surface area contributed by atoms with Crippen molar-refractivity contribution >= 4 is 5.69 Å². The van der Waals surface area contributed by atoms with Gasteiger partial charge < -0.3 is 10.6 Å². The van der Waals surface area contributed by atoms with Crippen LogP contribution in [0.5, 0.6) is 0 Å². The number of anilines is 1. The van der Waals surface area contributed by atoms with Gasteiger partial charge in [-0.15, -0.1) is 0 Å². The van der Waals surface area contributed by atoms with Gasteiger partial charge in [-0.05, 0) is 44.4 Å². The second-order valence-corrected chi connectivity index (χ2v) is 5.74. The van der Waals surface area contributed by atoms with E-state index in [4.69, 9.17) is 0 Å². The zero-order chi connectivity index (χ0) is 13.5. The molecule has 1 aliphatic carbocycles. The van der Waals surface area contributed by atoms with Gasteiger partial charge in [0.2, 0.25) is 0 Å². The molecule has 1 aliphatic rings. The average molecular weight is 260 g/mol. The van der Waals surface area contributed by atoms with Gasteiger partial charge in [0.1, 0.15) is 0 Å². The fourth-order valence-corrected chi connectivity index (χ4v) is 2.94. The molecule has 106 valence electrons. The van der Waals surface area contributed by atoms with E-state index in [0.29, 0.717) is 12.1 Å². The monoisotopic (exact) mass is 260 g/mol. The largest absolute Gasteiger partial charge is 0.382 e. The van der Waals surface area contributed by atoms with Gasteiger partial charge in [-0.3, -0.25) is 0 Å². The second kappa shape index (κ2) is 7.54. The summed E-state index contributed by atoms with van der Waals surface area (Å²) in [5.41, 5.74) is 2.73. The van der Waals surface area contributed by atoms with Gasteiger partial charge in [-0.25, -0.2) is 0 Å². The Hall–Kier alpha value is -1.02. The van der Waals surface area contributed by atoms with Gasteiger partial charge in [0, 0.05) is 17.8 Å². The number of nitrogens with one attached hydrogen (secondary N) is 2. The van der Waals surface area contributed by atoms with E-state index in [2.05, 4.69) is 48.7 Å². The molecule has 0 spiro atoms. The van der Waals surface area contributed by atoms with Crippen molar-refractivity contribution < 1.29 is 0 Å². The summed E-state index contributed by atoms with van der Waals surface area (Å²) in [6.45, 7) is 5.56. The minimum atomic E-state index is 0.423. The third-order valence-corrected chi connectivity index (χ3v) is 4.09. The molecule has 1 unspecified atom stereocenters.